The highest BCUT2D eigenvalue weighted by atomic mass is 16.3. The smallest absolute Gasteiger partial charge is 0.0672 e. The third kappa shape index (κ3) is 4.97. The normalized spacial score (nSPS) is 22.8. The van der Waals surface area contributed by atoms with Crippen molar-refractivity contribution in [3.63, 3.8) is 0 Å². The van der Waals surface area contributed by atoms with Crippen molar-refractivity contribution in [3.05, 3.63) is 0 Å². The average molecular weight is 241 g/mol. The van der Waals surface area contributed by atoms with Gasteiger partial charge < -0.3 is 5.11 Å². The zero-order chi connectivity index (χ0) is 13.3. The van der Waals surface area contributed by atoms with E-state index in [1.807, 2.05) is 0 Å². The Hall–Kier alpha value is -0.0800. The summed E-state index contributed by atoms with van der Waals surface area (Å²) in [7, 11) is 0. The van der Waals surface area contributed by atoms with Gasteiger partial charge in [-0.15, -0.1) is 0 Å². The summed E-state index contributed by atoms with van der Waals surface area (Å²) in [6, 6.07) is 0. The van der Waals surface area contributed by atoms with E-state index in [9.17, 15) is 5.11 Å². The maximum Gasteiger partial charge on any atom is 0.0672 e. The SMILES string of the molecule is CC(C)(C)CCC1(O)CCN(C(C)(C)C)CC1. The lowest BCUT2D eigenvalue weighted by atomic mass is 9.80. The molecule has 2 nitrogen and oxygen atoms in total. The molecule has 0 aromatic carbocycles. The predicted octanol–water partition coefficient (Wildman–Crippen LogP) is 3.44. The van der Waals surface area contributed by atoms with Crippen LogP contribution in [0.15, 0.2) is 0 Å². The van der Waals surface area contributed by atoms with Crippen LogP contribution in [0, 0.1) is 5.41 Å². The molecule has 0 aromatic heterocycles. The van der Waals surface area contributed by atoms with Crippen LogP contribution in [0.2, 0.25) is 0 Å². The third-order valence-electron chi connectivity index (χ3n) is 3.98. The molecule has 1 fully saturated rings. The fourth-order valence-corrected chi connectivity index (χ4v) is 2.45. The van der Waals surface area contributed by atoms with Gasteiger partial charge in [0.05, 0.1) is 5.60 Å². The largest absolute Gasteiger partial charge is 0.390 e. The van der Waals surface area contributed by atoms with Gasteiger partial charge in [-0.1, -0.05) is 20.8 Å². The molecule has 17 heavy (non-hydrogen) atoms. The van der Waals surface area contributed by atoms with Gasteiger partial charge in [0.1, 0.15) is 0 Å². The van der Waals surface area contributed by atoms with Gasteiger partial charge in [-0.05, 0) is 51.9 Å². The van der Waals surface area contributed by atoms with Gasteiger partial charge in [-0.2, -0.15) is 0 Å². The summed E-state index contributed by atoms with van der Waals surface area (Å²) < 4.78 is 0. The van der Waals surface area contributed by atoms with E-state index in [4.69, 9.17) is 0 Å². The number of hydrogen-bond acceptors (Lipinski definition) is 2. The van der Waals surface area contributed by atoms with Crippen LogP contribution in [-0.2, 0) is 0 Å². The number of hydrogen-bond donors (Lipinski definition) is 1. The molecule has 0 atom stereocenters. The molecule has 1 heterocycles. The molecule has 1 N–H and O–H groups in total. The number of aliphatic hydroxyl groups is 1. The Morgan fingerprint density at radius 3 is 1.82 bits per heavy atom. The van der Waals surface area contributed by atoms with E-state index >= 15 is 0 Å². The molecule has 1 aliphatic heterocycles. The first-order valence-corrected chi connectivity index (χ1v) is 6.99. The maximum absolute atomic E-state index is 10.6. The second-order valence-corrected chi connectivity index (χ2v) is 7.94. The molecule has 0 radical (unpaired) electrons. The number of nitrogens with zero attached hydrogens (tertiary/aromatic N) is 1. The van der Waals surface area contributed by atoms with E-state index in [0.717, 1.165) is 38.8 Å². The predicted molar refractivity (Wildman–Crippen MR) is 74.2 cm³/mol. The van der Waals surface area contributed by atoms with E-state index in [-0.39, 0.29) is 5.54 Å². The minimum absolute atomic E-state index is 0.241. The van der Waals surface area contributed by atoms with Crippen molar-refractivity contribution in [1.29, 1.82) is 0 Å². The monoisotopic (exact) mass is 241 g/mol. The molecule has 1 rings (SSSR count). The molecule has 102 valence electrons. The highest BCUT2D eigenvalue weighted by Crippen LogP contribution is 2.33. The van der Waals surface area contributed by atoms with Gasteiger partial charge in [-0.25, -0.2) is 0 Å². The quantitative estimate of drug-likeness (QED) is 0.800. The lowest BCUT2D eigenvalue weighted by molar-refractivity contribution is -0.0522. The van der Waals surface area contributed by atoms with E-state index in [1.165, 1.54) is 0 Å². The van der Waals surface area contributed by atoms with E-state index in [0.29, 0.717) is 5.41 Å². The van der Waals surface area contributed by atoms with Crippen LogP contribution in [0.3, 0.4) is 0 Å². The zero-order valence-corrected chi connectivity index (χ0v) is 12.6. The van der Waals surface area contributed by atoms with Crippen molar-refractivity contribution >= 4 is 0 Å². The summed E-state index contributed by atoms with van der Waals surface area (Å²) in [4.78, 5) is 2.48. The van der Waals surface area contributed by atoms with Gasteiger partial charge >= 0.3 is 0 Å². The van der Waals surface area contributed by atoms with Crippen LogP contribution in [0.1, 0.15) is 67.2 Å². The van der Waals surface area contributed by atoms with E-state index in [1.54, 1.807) is 0 Å². The lowest BCUT2D eigenvalue weighted by Crippen LogP contribution is -2.51. The van der Waals surface area contributed by atoms with Crippen molar-refractivity contribution in [3.8, 4) is 0 Å². The number of piperidine rings is 1. The van der Waals surface area contributed by atoms with Crippen LogP contribution in [0.4, 0.5) is 0 Å². The second-order valence-electron chi connectivity index (χ2n) is 7.94. The standard InChI is InChI=1S/C15H31NO/c1-13(2,3)7-8-15(17)9-11-16(12-10-15)14(4,5)6/h17H,7-12H2,1-6H3. The fourth-order valence-electron chi connectivity index (χ4n) is 2.45. The second kappa shape index (κ2) is 4.89. The average Bonchev–Trinajstić information content (AvgIpc) is 2.13. The van der Waals surface area contributed by atoms with E-state index < -0.39 is 5.60 Å². The third-order valence-corrected chi connectivity index (χ3v) is 3.98. The number of rotatable bonds is 2. The van der Waals surface area contributed by atoms with Crippen molar-refractivity contribution in [2.24, 2.45) is 5.41 Å². The van der Waals surface area contributed by atoms with Crippen molar-refractivity contribution in [1.82, 2.24) is 4.90 Å². The molecule has 0 spiro atoms. The summed E-state index contributed by atoms with van der Waals surface area (Å²) in [5.74, 6) is 0. The minimum atomic E-state index is -0.408. The molecule has 0 amide bonds. The maximum atomic E-state index is 10.6. The first kappa shape index (κ1) is 15.0. The summed E-state index contributed by atoms with van der Waals surface area (Å²) >= 11 is 0. The van der Waals surface area contributed by atoms with Crippen molar-refractivity contribution < 1.29 is 5.11 Å². The Bertz CT molecular complexity index is 239. The number of likely N-dealkylation sites (tertiary alicyclic amines) is 1. The Kier molecular flexibility index (Phi) is 4.31. The van der Waals surface area contributed by atoms with Gasteiger partial charge in [-0.3, -0.25) is 4.90 Å². The highest BCUT2D eigenvalue weighted by molar-refractivity contribution is 4.90. The van der Waals surface area contributed by atoms with Crippen molar-refractivity contribution in [2.45, 2.75) is 78.4 Å². The Morgan fingerprint density at radius 2 is 1.47 bits per heavy atom. The topological polar surface area (TPSA) is 23.5 Å². The van der Waals surface area contributed by atoms with Crippen LogP contribution in [-0.4, -0.2) is 34.2 Å². The van der Waals surface area contributed by atoms with Gasteiger partial charge in [0.25, 0.3) is 0 Å². The molecule has 0 aromatic rings. The zero-order valence-electron chi connectivity index (χ0n) is 12.6. The molecule has 0 unspecified atom stereocenters. The van der Waals surface area contributed by atoms with Crippen LogP contribution in [0.25, 0.3) is 0 Å². The van der Waals surface area contributed by atoms with E-state index in [2.05, 4.69) is 46.4 Å². The Balaban J connectivity index is 2.44. The molecule has 2 heteroatoms. The van der Waals surface area contributed by atoms with Crippen LogP contribution < -0.4 is 0 Å². The summed E-state index contributed by atoms with van der Waals surface area (Å²) in [6.45, 7) is 15.6. The molecule has 1 aliphatic rings. The Labute approximate surface area is 107 Å². The van der Waals surface area contributed by atoms with Crippen LogP contribution in [0.5, 0.6) is 0 Å². The molecule has 0 bridgehead atoms. The summed E-state index contributed by atoms with van der Waals surface area (Å²) in [6.07, 6.45) is 3.92. The lowest BCUT2D eigenvalue weighted by Gasteiger charge is -2.45. The van der Waals surface area contributed by atoms with Gasteiger partial charge in [0.15, 0.2) is 0 Å². The first-order chi connectivity index (χ1) is 7.52. The summed E-state index contributed by atoms with van der Waals surface area (Å²) in [5.41, 5.74) is 0.164. The molecule has 0 aliphatic carbocycles. The fraction of sp³-hybridized carbons (Fsp3) is 1.00. The highest BCUT2D eigenvalue weighted by Gasteiger charge is 2.36. The molecule has 1 saturated heterocycles. The van der Waals surface area contributed by atoms with Crippen LogP contribution >= 0.6 is 0 Å². The molecule has 0 saturated carbocycles. The van der Waals surface area contributed by atoms with Gasteiger partial charge in [0, 0.05) is 18.6 Å². The van der Waals surface area contributed by atoms with Crippen molar-refractivity contribution in [2.75, 3.05) is 13.1 Å². The minimum Gasteiger partial charge on any atom is -0.390 e. The Morgan fingerprint density at radius 1 is 1.00 bits per heavy atom. The molecular formula is C15H31NO. The van der Waals surface area contributed by atoms with Gasteiger partial charge in [0.2, 0.25) is 0 Å². The summed E-state index contributed by atoms with van der Waals surface area (Å²) in [5, 5.41) is 10.6. The first-order valence-electron chi connectivity index (χ1n) is 6.99. The molecular weight excluding hydrogens is 210 g/mol.